The van der Waals surface area contributed by atoms with Gasteiger partial charge in [0.2, 0.25) is 11.8 Å². The van der Waals surface area contributed by atoms with Crippen molar-refractivity contribution in [3.8, 4) is 0 Å². The fourth-order valence-electron chi connectivity index (χ4n) is 3.89. The van der Waals surface area contributed by atoms with Crippen LogP contribution in [0.4, 0.5) is 0 Å². The molecule has 3 aliphatic rings. The molecule has 0 aromatic carbocycles. The smallest absolute Gasteiger partial charge is 0.249 e. The van der Waals surface area contributed by atoms with Crippen LogP contribution >= 0.6 is 11.8 Å². The van der Waals surface area contributed by atoms with E-state index in [2.05, 4.69) is 11.6 Å². The zero-order valence-electron chi connectivity index (χ0n) is 13.1. The van der Waals surface area contributed by atoms with Gasteiger partial charge in [-0.15, -0.1) is 0 Å². The molecule has 1 saturated heterocycles. The van der Waals surface area contributed by atoms with E-state index in [4.69, 9.17) is 0 Å². The van der Waals surface area contributed by atoms with E-state index in [1.807, 2.05) is 23.6 Å². The molecule has 21 heavy (non-hydrogen) atoms. The third-order valence-corrected chi connectivity index (χ3v) is 6.91. The van der Waals surface area contributed by atoms with Crippen LogP contribution in [0.3, 0.4) is 0 Å². The fourth-order valence-corrected chi connectivity index (χ4v) is 4.67. The number of amides is 2. The van der Waals surface area contributed by atoms with E-state index >= 15 is 0 Å². The Morgan fingerprint density at radius 2 is 1.86 bits per heavy atom. The van der Waals surface area contributed by atoms with Gasteiger partial charge in [0.15, 0.2) is 0 Å². The van der Waals surface area contributed by atoms with E-state index in [1.165, 1.54) is 19.3 Å². The number of nitrogens with one attached hydrogen (secondary N) is 1. The molecule has 4 nitrogen and oxygen atoms in total. The van der Waals surface area contributed by atoms with Crippen LogP contribution in [0, 0.1) is 0 Å². The van der Waals surface area contributed by atoms with Crippen molar-refractivity contribution < 1.29 is 9.59 Å². The van der Waals surface area contributed by atoms with E-state index in [-0.39, 0.29) is 22.6 Å². The number of hydrogen-bond acceptors (Lipinski definition) is 3. The first kappa shape index (κ1) is 15.2. The molecule has 1 atom stereocenters. The lowest BCUT2D eigenvalue weighted by Gasteiger charge is -2.48. The van der Waals surface area contributed by atoms with Crippen molar-refractivity contribution in [1.82, 2.24) is 10.2 Å². The maximum absolute atomic E-state index is 13.1. The van der Waals surface area contributed by atoms with Crippen molar-refractivity contribution in [2.24, 2.45) is 0 Å². The van der Waals surface area contributed by atoms with Crippen LogP contribution in [0.25, 0.3) is 0 Å². The molecule has 118 valence electrons. The van der Waals surface area contributed by atoms with Gasteiger partial charge in [-0.25, -0.2) is 0 Å². The second-order valence-electron chi connectivity index (χ2n) is 6.88. The summed E-state index contributed by atoms with van der Waals surface area (Å²) in [6, 6.07) is -0.269. The summed E-state index contributed by atoms with van der Waals surface area (Å²) in [7, 11) is 0. The molecule has 5 heteroatoms. The lowest BCUT2D eigenvalue weighted by Crippen LogP contribution is -2.71. The highest BCUT2D eigenvalue weighted by molar-refractivity contribution is 8.00. The molecule has 0 aromatic rings. The van der Waals surface area contributed by atoms with Crippen LogP contribution in [0.1, 0.15) is 58.3 Å². The number of piperazine rings is 1. The van der Waals surface area contributed by atoms with Gasteiger partial charge in [-0.3, -0.25) is 9.59 Å². The average molecular weight is 310 g/mol. The number of carbonyl (C=O) groups is 2. The van der Waals surface area contributed by atoms with Crippen LogP contribution in [0.15, 0.2) is 0 Å². The minimum atomic E-state index is -0.588. The Bertz CT molecular complexity index is 442. The Labute approximate surface area is 131 Å². The first-order chi connectivity index (χ1) is 10.1. The first-order valence-corrected chi connectivity index (χ1v) is 9.47. The quantitative estimate of drug-likeness (QED) is 0.867. The molecule has 3 fully saturated rings. The van der Waals surface area contributed by atoms with E-state index in [9.17, 15) is 9.59 Å². The Hall–Kier alpha value is -0.710. The van der Waals surface area contributed by atoms with Crippen molar-refractivity contribution in [2.75, 3.05) is 12.8 Å². The summed E-state index contributed by atoms with van der Waals surface area (Å²) in [5.74, 6) is 0.255. The summed E-state index contributed by atoms with van der Waals surface area (Å²) < 4.78 is 0.219. The van der Waals surface area contributed by atoms with E-state index in [1.54, 1.807) is 0 Å². The Morgan fingerprint density at radius 1 is 1.19 bits per heavy atom. The molecule has 0 radical (unpaired) electrons. The third kappa shape index (κ3) is 2.58. The number of carbonyl (C=O) groups excluding carboxylic acids is 2. The van der Waals surface area contributed by atoms with Gasteiger partial charge in [-0.2, -0.15) is 11.8 Å². The summed E-state index contributed by atoms with van der Waals surface area (Å²) in [4.78, 5) is 27.6. The van der Waals surface area contributed by atoms with Crippen LogP contribution < -0.4 is 5.32 Å². The van der Waals surface area contributed by atoms with Crippen molar-refractivity contribution in [2.45, 2.75) is 74.6 Å². The fraction of sp³-hybridized carbons (Fsp3) is 0.875. The van der Waals surface area contributed by atoms with Crippen LogP contribution in [0.5, 0.6) is 0 Å². The molecule has 1 unspecified atom stereocenters. The summed E-state index contributed by atoms with van der Waals surface area (Å²) in [5, 5.41) is 3.10. The highest BCUT2D eigenvalue weighted by Crippen LogP contribution is 2.48. The molecule has 1 N–H and O–H groups in total. The maximum Gasteiger partial charge on any atom is 0.249 e. The molecule has 1 aliphatic heterocycles. The predicted octanol–water partition coefficient (Wildman–Crippen LogP) is 2.32. The van der Waals surface area contributed by atoms with Gasteiger partial charge in [0, 0.05) is 11.3 Å². The topological polar surface area (TPSA) is 49.4 Å². The summed E-state index contributed by atoms with van der Waals surface area (Å²) in [6.07, 6.45) is 10.1. The molecule has 0 aromatic heterocycles. The molecule has 1 heterocycles. The zero-order chi connectivity index (χ0) is 15.1. The lowest BCUT2D eigenvalue weighted by molar-refractivity contribution is -0.156. The van der Waals surface area contributed by atoms with Gasteiger partial charge in [0.1, 0.15) is 11.6 Å². The van der Waals surface area contributed by atoms with Crippen molar-refractivity contribution >= 4 is 23.6 Å². The Balaban J connectivity index is 1.85. The van der Waals surface area contributed by atoms with Gasteiger partial charge in [-0.1, -0.05) is 26.2 Å². The van der Waals surface area contributed by atoms with Crippen LogP contribution in [-0.4, -0.2) is 45.8 Å². The largest absolute Gasteiger partial charge is 0.340 e. The van der Waals surface area contributed by atoms with Gasteiger partial charge >= 0.3 is 0 Å². The van der Waals surface area contributed by atoms with Crippen molar-refractivity contribution in [3.63, 3.8) is 0 Å². The van der Waals surface area contributed by atoms with Gasteiger partial charge in [-0.05, 0) is 38.4 Å². The van der Waals surface area contributed by atoms with Gasteiger partial charge in [0.05, 0.1) is 0 Å². The molecule has 2 aliphatic carbocycles. The van der Waals surface area contributed by atoms with Crippen molar-refractivity contribution in [3.05, 3.63) is 0 Å². The number of hydrogen-bond donors (Lipinski definition) is 1. The number of nitrogens with zero attached hydrogens (tertiary/aromatic N) is 1. The summed E-state index contributed by atoms with van der Waals surface area (Å²) in [6.45, 7) is 2.75. The zero-order valence-corrected chi connectivity index (χ0v) is 13.9. The average Bonchev–Trinajstić information content (AvgIpc) is 3.26. The molecule has 0 bridgehead atoms. The normalized spacial score (nSPS) is 30.4. The summed E-state index contributed by atoms with van der Waals surface area (Å²) in [5.41, 5.74) is -0.588. The number of thioether (sulfide) groups is 1. The highest BCUT2D eigenvalue weighted by atomic mass is 32.2. The molecule has 3 rings (SSSR count). The molecular formula is C16H26N2O2S. The van der Waals surface area contributed by atoms with E-state index < -0.39 is 5.54 Å². The monoisotopic (exact) mass is 310 g/mol. The van der Waals surface area contributed by atoms with Gasteiger partial charge < -0.3 is 10.2 Å². The van der Waals surface area contributed by atoms with Crippen LogP contribution in [-0.2, 0) is 9.59 Å². The molecular weight excluding hydrogens is 284 g/mol. The van der Waals surface area contributed by atoms with Gasteiger partial charge in [0.25, 0.3) is 0 Å². The predicted molar refractivity (Wildman–Crippen MR) is 85.2 cm³/mol. The first-order valence-electron chi connectivity index (χ1n) is 8.24. The second kappa shape index (κ2) is 5.49. The Kier molecular flexibility index (Phi) is 3.97. The molecule has 2 amide bonds. The summed E-state index contributed by atoms with van der Waals surface area (Å²) >= 11 is 1.86. The Morgan fingerprint density at radius 3 is 2.38 bits per heavy atom. The maximum atomic E-state index is 13.1. The minimum absolute atomic E-state index is 0.0657. The third-order valence-electron chi connectivity index (χ3n) is 5.50. The highest BCUT2D eigenvalue weighted by Gasteiger charge is 2.54. The second-order valence-corrected chi connectivity index (χ2v) is 8.15. The van der Waals surface area contributed by atoms with Crippen LogP contribution in [0.2, 0.25) is 0 Å². The molecule has 1 spiro atoms. The van der Waals surface area contributed by atoms with E-state index in [0.29, 0.717) is 6.42 Å². The van der Waals surface area contributed by atoms with E-state index in [0.717, 1.165) is 32.2 Å². The molecule has 2 saturated carbocycles. The van der Waals surface area contributed by atoms with Crippen molar-refractivity contribution in [1.29, 1.82) is 0 Å². The standard InChI is InChI=1S/C16H26N2O2S/c1-3-12-13(19)17-16(7-5-4-6-8-16)14(20)18(12)11-15(21-2)9-10-15/h12H,3-11H2,1-2H3,(H,17,19). The SMILES string of the molecule is CCC1C(=O)NC2(CCCCC2)C(=O)N1CC1(SC)CC1. The minimum Gasteiger partial charge on any atom is -0.340 e. The number of rotatable bonds is 4. The lowest BCUT2D eigenvalue weighted by atomic mass is 9.78.